The lowest BCUT2D eigenvalue weighted by Gasteiger charge is -2.20. The van der Waals surface area contributed by atoms with E-state index >= 15 is 0 Å². The fourth-order valence-electron chi connectivity index (χ4n) is 1.03. The molecule has 17 heavy (non-hydrogen) atoms. The second-order valence-corrected chi connectivity index (χ2v) is 3.56. The van der Waals surface area contributed by atoms with Gasteiger partial charge in [0.1, 0.15) is 6.04 Å². The van der Waals surface area contributed by atoms with Gasteiger partial charge in [0.15, 0.2) is 6.04 Å². The number of hydrogen-bond donors (Lipinski definition) is 5. The summed E-state index contributed by atoms with van der Waals surface area (Å²) in [5.74, 6) is -2.60. The van der Waals surface area contributed by atoms with Crippen LogP contribution in [0.3, 0.4) is 0 Å². The predicted octanol–water partition coefficient (Wildman–Crippen LogP) is -2.60. The lowest BCUT2D eigenvalue weighted by Crippen LogP contribution is -2.54. The Hall–Kier alpha value is -1.67. The molecule has 0 heterocycles. The third-order valence-corrected chi connectivity index (χ3v) is 2.00. The SMILES string of the molecule is C[C@H](NC(=O)CN)C(=O)N[C@H](C(=O)O)[C@@H](C)O. The van der Waals surface area contributed by atoms with E-state index in [1.165, 1.54) is 13.8 Å². The van der Waals surface area contributed by atoms with Gasteiger partial charge in [-0.1, -0.05) is 0 Å². The van der Waals surface area contributed by atoms with Gasteiger partial charge in [-0.25, -0.2) is 4.79 Å². The fraction of sp³-hybridized carbons (Fsp3) is 0.667. The molecule has 0 aromatic heterocycles. The van der Waals surface area contributed by atoms with Crippen LogP contribution in [-0.4, -0.2) is 52.7 Å². The molecule has 6 N–H and O–H groups in total. The molecule has 0 spiro atoms. The zero-order chi connectivity index (χ0) is 13.6. The Morgan fingerprint density at radius 3 is 2.12 bits per heavy atom. The third-order valence-electron chi connectivity index (χ3n) is 2.00. The molecule has 0 aromatic rings. The number of amides is 2. The summed E-state index contributed by atoms with van der Waals surface area (Å²) in [6.07, 6.45) is -1.24. The summed E-state index contributed by atoms with van der Waals surface area (Å²) >= 11 is 0. The lowest BCUT2D eigenvalue weighted by atomic mass is 10.1. The van der Waals surface area contributed by atoms with E-state index in [0.29, 0.717) is 0 Å². The fourth-order valence-corrected chi connectivity index (χ4v) is 1.03. The van der Waals surface area contributed by atoms with Crippen LogP contribution in [0.5, 0.6) is 0 Å². The Kier molecular flexibility index (Phi) is 6.15. The van der Waals surface area contributed by atoms with E-state index in [1.54, 1.807) is 0 Å². The van der Waals surface area contributed by atoms with E-state index in [9.17, 15) is 14.4 Å². The smallest absolute Gasteiger partial charge is 0.328 e. The molecule has 0 saturated carbocycles. The van der Waals surface area contributed by atoms with Crippen LogP contribution < -0.4 is 16.4 Å². The van der Waals surface area contributed by atoms with Gasteiger partial charge < -0.3 is 26.6 Å². The van der Waals surface area contributed by atoms with E-state index in [0.717, 1.165) is 0 Å². The van der Waals surface area contributed by atoms with Crippen LogP contribution >= 0.6 is 0 Å². The monoisotopic (exact) mass is 247 g/mol. The Labute approximate surface area is 98.2 Å². The molecule has 0 unspecified atom stereocenters. The highest BCUT2D eigenvalue weighted by Gasteiger charge is 2.27. The van der Waals surface area contributed by atoms with Crippen LogP contribution in [0.25, 0.3) is 0 Å². The van der Waals surface area contributed by atoms with Gasteiger partial charge in [0, 0.05) is 0 Å². The summed E-state index contributed by atoms with van der Waals surface area (Å²) in [5.41, 5.74) is 5.04. The van der Waals surface area contributed by atoms with Crippen molar-refractivity contribution in [3.8, 4) is 0 Å². The van der Waals surface area contributed by atoms with Crippen molar-refractivity contribution in [2.45, 2.75) is 32.0 Å². The summed E-state index contributed by atoms with van der Waals surface area (Å²) in [4.78, 5) is 33.1. The number of carboxylic acids is 1. The first-order valence-electron chi connectivity index (χ1n) is 5.00. The van der Waals surface area contributed by atoms with Gasteiger partial charge in [0.25, 0.3) is 0 Å². The second kappa shape index (κ2) is 6.81. The minimum absolute atomic E-state index is 0.267. The summed E-state index contributed by atoms with van der Waals surface area (Å²) < 4.78 is 0. The molecule has 0 bridgehead atoms. The van der Waals surface area contributed by atoms with Crippen molar-refractivity contribution in [2.75, 3.05) is 6.54 Å². The first kappa shape index (κ1) is 15.3. The summed E-state index contributed by atoms with van der Waals surface area (Å²) in [5, 5.41) is 22.2. The van der Waals surface area contributed by atoms with Crippen LogP contribution in [0.4, 0.5) is 0 Å². The first-order chi connectivity index (χ1) is 7.79. The molecular weight excluding hydrogens is 230 g/mol. The summed E-state index contributed by atoms with van der Waals surface area (Å²) in [7, 11) is 0. The van der Waals surface area contributed by atoms with Crippen molar-refractivity contribution in [3.63, 3.8) is 0 Å². The number of carboxylic acid groups (broad SMARTS) is 1. The number of hydrogen-bond acceptors (Lipinski definition) is 5. The average molecular weight is 247 g/mol. The van der Waals surface area contributed by atoms with E-state index in [4.69, 9.17) is 15.9 Å². The quantitative estimate of drug-likeness (QED) is 0.348. The van der Waals surface area contributed by atoms with Crippen molar-refractivity contribution in [1.82, 2.24) is 10.6 Å². The molecule has 3 atom stereocenters. The molecule has 0 aromatic carbocycles. The normalized spacial score (nSPS) is 15.5. The first-order valence-corrected chi connectivity index (χ1v) is 5.00. The zero-order valence-electron chi connectivity index (χ0n) is 9.64. The van der Waals surface area contributed by atoms with Gasteiger partial charge in [0.2, 0.25) is 11.8 Å². The maximum absolute atomic E-state index is 11.5. The number of nitrogens with one attached hydrogen (secondary N) is 2. The number of aliphatic hydroxyl groups excluding tert-OH is 1. The summed E-state index contributed by atoms with van der Waals surface area (Å²) in [6.45, 7) is 2.35. The highest BCUT2D eigenvalue weighted by molar-refractivity contribution is 5.90. The van der Waals surface area contributed by atoms with Crippen molar-refractivity contribution in [1.29, 1.82) is 0 Å². The number of aliphatic carboxylic acids is 1. The standard InChI is InChI=1S/C9H17N3O5/c1-4(11-6(14)3-10)8(15)12-7(5(2)13)9(16)17/h4-5,7,13H,3,10H2,1-2H3,(H,11,14)(H,12,15)(H,16,17)/t4-,5+,7-/m0/s1. The molecule has 0 saturated heterocycles. The lowest BCUT2D eigenvalue weighted by molar-refractivity contribution is -0.145. The van der Waals surface area contributed by atoms with Crippen LogP contribution in [0.15, 0.2) is 0 Å². The van der Waals surface area contributed by atoms with Crippen LogP contribution in [0.2, 0.25) is 0 Å². The van der Waals surface area contributed by atoms with Crippen LogP contribution in [0, 0.1) is 0 Å². The Morgan fingerprint density at radius 1 is 1.24 bits per heavy atom. The molecule has 8 heteroatoms. The van der Waals surface area contributed by atoms with Gasteiger partial charge in [0.05, 0.1) is 12.6 Å². The highest BCUT2D eigenvalue weighted by Crippen LogP contribution is 1.94. The molecule has 0 aliphatic heterocycles. The van der Waals surface area contributed by atoms with E-state index < -0.39 is 36.0 Å². The number of aliphatic hydroxyl groups is 1. The molecular formula is C9H17N3O5. The number of nitrogens with two attached hydrogens (primary N) is 1. The topological polar surface area (TPSA) is 142 Å². The molecule has 0 rings (SSSR count). The van der Waals surface area contributed by atoms with Gasteiger partial charge >= 0.3 is 5.97 Å². The third kappa shape index (κ3) is 5.27. The van der Waals surface area contributed by atoms with E-state index in [2.05, 4.69) is 10.6 Å². The number of carbonyl (C=O) groups excluding carboxylic acids is 2. The van der Waals surface area contributed by atoms with Gasteiger partial charge in [-0.2, -0.15) is 0 Å². The Morgan fingerprint density at radius 2 is 1.76 bits per heavy atom. The molecule has 0 radical (unpaired) electrons. The molecule has 8 nitrogen and oxygen atoms in total. The van der Waals surface area contributed by atoms with Crippen molar-refractivity contribution < 1.29 is 24.6 Å². The van der Waals surface area contributed by atoms with E-state index in [-0.39, 0.29) is 6.54 Å². The van der Waals surface area contributed by atoms with Crippen molar-refractivity contribution >= 4 is 17.8 Å². The zero-order valence-corrected chi connectivity index (χ0v) is 9.64. The van der Waals surface area contributed by atoms with Crippen molar-refractivity contribution in [3.05, 3.63) is 0 Å². The summed E-state index contributed by atoms with van der Waals surface area (Å²) in [6, 6.07) is -2.34. The Bertz CT molecular complexity index is 305. The Balaban J connectivity index is 4.41. The second-order valence-electron chi connectivity index (χ2n) is 3.56. The molecule has 0 aliphatic carbocycles. The molecule has 98 valence electrons. The van der Waals surface area contributed by atoms with E-state index in [1.807, 2.05) is 0 Å². The predicted molar refractivity (Wildman–Crippen MR) is 57.9 cm³/mol. The maximum Gasteiger partial charge on any atom is 0.328 e. The minimum Gasteiger partial charge on any atom is -0.480 e. The van der Waals surface area contributed by atoms with Gasteiger partial charge in [-0.05, 0) is 13.8 Å². The van der Waals surface area contributed by atoms with Crippen LogP contribution in [-0.2, 0) is 14.4 Å². The average Bonchev–Trinajstić information content (AvgIpc) is 2.23. The van der Waals surface area contributed by atoms with Crippen molar-refractivity contribution in [2.24, 2.45) is 5.73 Å². The number of rotatable bonds is 6. The largest absolute Gasteiger partial charge is 0.480 e. The number of carbonyl (C=O) groups is 3. The van der Waals surface area contributed by atoms with Crippen LogP contribution in [0.1, 0.15) is 13.8 Å². The molecule has 2 amide bonds. The van der Waals surface area contributed by atoms with Gasteiger partial charge in [-0.3, -0.25) is 9.59 Å². The molecule has 0 fully saturated rings. The molecule has 0 aliphatic rings. The highest BCUT2D eigenvalue weighted by atomic mass is 16.4. The minimum atomic E-state index is -1.42. The van der Waals surface area contributed by atoms with Gasteiger partial charge in [-0.15, -0.1) is 0 Å². The maximum atomic E-state index is 11.5.